The number of carbonyl (C=O) groups is 1. The Morgan fingerprint density at radius 1 is 1.06 bits per heavy atom. The number of nitrogens with zero attached hydrogens (tertiary/aromatic N) is 2. The van der Waals surface area contributed by atoms with E-state index < -0.39 is 6.04 Å². The summed E-state index contributed by atoms with van der Waals surface area (Å²) in [7, 11) is 0. The summed E-state index contributed by atoms with van der Waals surface area (Å²) in [4.78, 5) is 33.0. The first-order valence-corrected chi connectivity index (χ1v) is 10.8. The molecule has 160 valence electrons. The normalized spacial score (nSPS) is 15.4. The van der Waals surface area contributed by atoms with E-state index >= 15 is 0 Å². The fraction of sp³-hybridized carbons (Fsp3) is 0.160. The van der Waals surface area contributed by atoms with Gasteiger partial charge in [0.05, 0.1) is 27.0 Å². The molecule has 4 aromatic rings. The molecule has 1 atom stereocenters. The molecule has 1 amide bonds. The van der Waals surface area contributed by atoms with Gasteiger partial charge in [-0.05, 0) is 60.4 Å². The van der Waals surface area contributed by atoms with Crippen molar-refractivity contribution in [2.24, 2.45) is 0 Å². The maximum absolute atomic E-state index is 13.7. The van der Waals surface area contributed by atoms with Gasteiger partial charge in [0.15, 0.2) is 5.43 Å². The van der Waals surface area contributed by atoms with Gasteiger partial charge in [0.2, 0.25) is 5.76 Å². The molecule has 0 N–H and O–H groups in total. The molecule has 5 nitrogen and oxygen atoms in total. The lowest BCUT2D eigenvalue weighted by molar-refractivity contribution is 0.0714. The second kappa shape index (κ2) is 7.76. The molecule has 2 aromatic carbocycles. The third kappa shape index (κ3) is 3.29. The zero-order valence-corrected chi connectivity index (χ0v) is 18.9. The Kier molecular flexibility index (Phi) is 5.03. The largest absolute Gasteiger partial charge is 0.450 e. The van der Waals surface area contributed by atoms with Crippen LogP contribution in [0.25, 0.3) is 11.0 Å². The minimum absolute atomic E-state index is 0.0625. The molecule has 1 unspecified atom stereocenters. The van der Waals surface area contributed by atoms with Crippen LogP contribution in [-0.4, -0.2) is 15.8 Å². The van der Waals surface area contributed by atoms with Gasteiger partial charge in [-0.1, -0.05) is 41.4 Å². The number of fused-ring (bicyclic) bond motifs is 2. The van der Waals surface area contributed by atoms with Crippen molar-refractivity contribution in [3.63, 3.8) is 0 Å². The SMILES string of the molecule is Cc1cc(C)c2c(=O)c3c(oc2c1)C(=O)N(Cc1cccnc1)C3c1ccc(Cl)c(Cl)c1. The summed E-state index contributed by atoms with van der Waals surface area (Å²) in [6, 6.07) is 11.9. The minimum Gasteiger partial charge on any atom is -0.450 e. The predicted molar refractivity (Wildman–Crippen MR) is 124 cm³/mol. The maximum atomic E-state index is 13.7. The maximum Gasteiger partial charge on any atom is 0.291 e. The van der Waals surface area contributed by atoms with Crippen molar-refractivity contribution in [3.8, 4) is 0 Å². The Morgan fingerprint density at radius 2 is 1.88 bits per heavy atom. The molecule has 3 heterocycles. The van der Waals surface area contributed by atoms with Crippen molar-refractivity contribution in [1.29, 1.82) is 0 Å². The van der Waals surface area contributed by atoms with Crippen molar-refractivity contribution >= 4 is 40.1 Å². The number of halogens is 2. The van der Waals surface area contributed by atoms with Gasteiger partial charge in [-0.15, -0.1) is 0 Å². The first-order valence-electron chi connectivity index (χ1n) is 10.1. The van der Waals surface area contributed by atoms with Crippen LogP contribution in [0, 0.1) is 13.8 Å². The molecule has 1 aliphatic rings. The van der Waals surface area contributed by atoms with Crippen molar-refractivity contribution < 1.29 is 9.21 Å². The highest BCUT2D eigenvalue weighted by Crippen LogP contribution is 2.41. The Balaban J connectivity index is 1.78. The zero-order valence-electron chi connectivity index (χ0n) is 17.4. The van der Waals surface area contributed by atoms with Crippen molar-refractivity contribution in [3.05, 3.63) is 109 Å². The van der Waals surface area contributed by atoms with Gasteiger partial charge < -0.3 is 9.32 Å². The van der Waals surface area contributed by atoms with E-state index in [9.17, 15) is 9.59 Å². The third-order valence-corrected chi connectivity index (χ3v) is 6.49. The topological polar surface area (TPSA) is 63.4 Å². The molecule has 0 saturated carbocycles. The van der Waals surface area contributed by atoms with E-state index in [4.69, 9.17) is 27.6 Å². The molecular weight excluding hydrogens is 447 g/mol. The third-order valence-electron chi connectivity index (χ3n) is 5.75. The number of carbonyl (C=O) groups excluding carboxylic acids is 1. The summed E-state index contributed by atoms with van der Waals surface area (Å²) >= 11 is 12.4. The molecule has 0 fully saturated rings. The fourth-order valence-electron chi connectivity index (χ4n) is 4.39. The molecule has 0 aliphatic carbocycles. The number of hydrogen-bond acceptors (Lipinski definition) is 4. The van der Waals surface area contributed by atoms with Crippen LogP contribution in [0.5, 0.6) is 0 Å². The summed E-state index contributed by atoms with van der Waals surface area (Å²) in [6.45, 7) is 4.06. The Labute approximate surface area is 194 Å². The standard InChI is InChI=1S/C25H18Cl2N2O3/c1-13-8-14(2)20-19(9-13)32-24-21(23(20)30)22(16-5-6-17(26)18(27)10-16)29(25(24)31)12-15-4-3-7-28-11-15/h3-11,22H,12H2,1-2H3. The van der Waals surface area contributed by atoms with Crippen LogP contribution in [0.2, 0.25) is 10.0 Å². The van der Waals surface area contributed by atoms with Crippen molar-refractivity contribution in [1.82, 2.24) is 9.88 Å². The number of aromatic nitrogens is 1. The van der Waals surface area contributed by atoms with Gasteiger partial charge in [-0.3, -0.25) is 14.6 Å². The number of hydrogen-bond donors (Lipinski definition) is 0. The first-order chi connectivity index (χ1) is 15.3. The van der Waals surface area contributed by atoms with Crippen LogP contribution >= 0.6 is 23.2 Å². The number of aryl methyl sites for hydroxylation is 2. The summed E-state index contributed by atoms with van der Waals surface area (Å²) in [6.07, 6.45) is 3.37. The van der Waals surface area contributed by atoms with E-state index in [1.165, 1.54) is 0 Å². The molecule has 0 saturated heterocycles. The monoisotopic (exact) mass is 464 g/mol. The van der Waals surface area contributed by atoms with Gasteiger partial charge in [-0.2, -0.15) is 0 Å². The highest BCUT2D eigenvalue weighted by atomic mass is 35.5. The average molecular weight is 465 g/mol. The molecule has 5 rings (SSSR count). The molecule has 2 aromatic heterocycles. The van der Waals surface area contributed by atoms with Gasteiger partial charge in [0.25, 0.3) is 5.91 Å². The van der Waals surface area contributed by atoms with Crippen molar-refractivity contribution in [2.75, 3.05) is 0 Å². The van der Waals surface area contributed by atoms with E-state index in [0.717, 1.165) is 16.7 Å². The Morgan fingerprint density at radius 3 is 2.59 bits per heavy atom. The van der Waals surface area contributed by atoms with Gasteiger partial charge in [-0.25, -0.2) is 0 Å². The minimum atomic E-state index is -0.658. The Bertz CT molecular complexity index is 1450. The molecule has 0 bridgehead atoms. The van der Waals surface area contributed by atoms with E-state index in [2.05, 4.69) is 4.98 Å². The van der Waals surface area contributed by atoms with Crippen LogP contribution in [0.15, 0.2) is 64.1 Å². The van der Waals surface area contributed by atoms with Crippen LogP contribution in [0.1, 0.15) is 44.4 Å². The highest BCUT2D eigenvalue weighted by Gasteiger charge is 2.43. The summed E-state index contributed by atoms with van der Waals surface area (Å²) in [5, 5.41) is 1.23. The van der Waals surface area contributed by atoms with E-state index in [0.29, 0.717) is 32.1 Å². The molecule has 0 radical (unpaired) electrons. The fourth-order valence-corrected chi connectivity index (χ4v) is 4.70. The van der Waals surface area contributed by atoms with E-state index in [-0.39, 0.29) is 23.6 Å². The van der Waals surface area contributed by atoms with Gasteiger partial charge in [0, 0.05) is 18.9 Å². The van der Waals surface area contributed by atoms with Crippen LogP contribution in [0.3, 0.4) is 0 Å². The van der Waals surface area contributed by atoms with E-state index in [1.54, 1.807) is 47.6 Å². The highest BCUT2D eigenvalue weighted by molar-refractivity contribution is 6.42. The second-order valence-corrected chi connectivity index (χ2v) is 8.81. The molecule has 1 aliphatic heterocycles. The van der Waals surface area contributed by atoms with Gasteiger partial charge >= 0.3 is 0 Å². The first kappa shape index (κ1) is 20.7. The quantitative estimate of drug-likeness (QED) is 0.381. The molecule has 32 heavy (non-hydrogen) atoms. The van der Waals surface area contributed by atoms with E-state index in [1.807, 2.05) is 26.0 Å². The zero-order chi connectivity index (χ0) is 22.6. The summed E-state index contributed by atoms with van der Waals surface area (Å²) < 4.78 is 6.07. The lowest BCUT2D eigenvalue weighted by Gasteiger charge is -2.25. The summed E-state index contributed by atoms with van der Waals surface area (Å²) in [5.74, 6) is -0.287. The number of benzene rings is 2. The molecule has 0 spiro atoms. The average Bonchev–Trinajstić information content (AvgIpc) is 3.02. The molecule has 7 heteroatoms. The number of rotatable bonds is 3. The predicted octanol–water partition coefficient (Wildman–Crippen LogP) is 5.86. The summed E-state index contributed by atoms with van der Waals surface area (Å²) in [5.41, 5.74) is 3.80. The van der Waals surface area contributed by atoms with Crippen LogP contribution in [0.4, 0.5) is 0 Å². The smallest absolute Gasteiger partial charge is 0.291 e. The van der Waals surface area contributed by atoms with Crippen LogP contribution in [-0.2, 0) is 6.54 Å². The second-order valence-electron chi connectivity index (χ2n) is 8.00. The van der Waals surface area contributed by atoms with Gasteiger partial charge in [0.1, 0.15) is 5.58 Å². The lowest BCUT2D eigenvalue weighted by Crippen LogP contribution is -2.29. The molecular formula is C25H18Cl2N2O3. The number of pyridine rings is 1. The van der Waals surface area contributed by atoms with Crippen molar-refractivity contribution in [2.45, 2.75) is 26.4 Å². The van der Waals surface area contributed by atoms with Crippen LogP contribution < -0.4 is 5.43 Å². The Hall–Kier alpha value is -3.15. The number of amides is 1. The lowest BCUT2D eigenvalue weighted by atomic mass is 9.96.